The molecule has 0 aliphatic carbocycles. The quantitative estimate of drug-likeness (QED) is 0.908. The van der Waals surface area contributed by atoms with Crippen molar-refractivity contribution in [2.45, 2.75) is 0 Å². The summed E-state index contributed by atoms with van der Waals surface area (Å²) < 4.78 is 26.1. The van der Waals surface area contributed by atoms with Gasteiger partial charge in [-0.15, -0.1) is 0 Å². The Labute approximate surface area is 120 Å². The maximum atomic E-state index is 13.4. The monoisotopic (exact) mass is 287 g/mol. The molecule has 0 saturated heterocycles. The minimum atomic E-state index is -0.832. The molecule has 2 aromatic rings. The number of nitriles is 1. The Balaban J connectivity index is 1.91. The summed E-state index contributed by atoms with van der Waals surface area (Å²) >= 11 is 0. The van der Waals surface area contributed by atoms with E-state index in [1.165, 1.54) is 0 Å². The van der Waals surface area contributed by atoms with Gasteiger partial charge in [-0.3, -0.25) is 4.79 Å². The van der Waals surface area contributed by atoms with Crippen molar-refractivity contribution in [3.63, 3.8) is 0 Å². The number of carbonyl (C=O) groups is 1. The van der Waals surface area contributed by atoms with E-state index in [1.807, 2.05) is 6.07 Å². The molecule has 0 aliphatic rings. The van der Waals surface area contributed by atoms with Crippen molar-refractivity contribution >= 4 is 17.3 Å². The number of benzene rings is 2. The van der Waals surface area contributed by atoms with Crippen LogP contribution >= 0.6 is 0 Å². The van der Waals surface area contributed by atoms with Crippen molar-refractivity contribution in [3.8, 4) is 6.07 Å². The standard InChI is InChI=1S/C15H11F2N3O/c16-11-3-6-14(13(17)7-11)20-15(21)9-19-12-4-1-10(8-18)2-5-12/h1-7,19H,9H2,(H,20,21). The Morgan fingerprint density at radius 3 is 2.48 bits per heavy atom. The predicted octanol–water partition coefficient (Wildman–Crippen LogP) is 2.89. The molecule has 0 aliphatic heterocycles. The van der Waals surface area contributed by atoms with E-state index in [0.29, 0.717) is 17.3 Å². The minimum Gasteiger partial charge on any atom is -0.376 e. The van der Waals surface area contributed by atoms with Crippen LogP contribution in [0.5, 0.6) is 0 Å². The third-order valence-corrected chi connectivity index (χ3v) is 2.67. The zero-order chi connectivity index (χ0) is 15.2. The van der Waals surface area contributed by atoms with Crippen LogP contribution in [-0.4, -0.2) is 12.5 Å². The average Bonchev–Trinajstić information content (AvgIpc) is 2.48. The van der Waals surface area contributed by atoms with Crippen LogP contribution in [-0.2, 0) is 4.79 Å². The topological polar surface area (TPSA) is 64.9 Å². The predicted molar refractivity (Wildman–Crippen MR) is 74.6 cm³/mol. The highest BCUT2D eigenvalue weighted by Crippen LogP contribution is 2.15. The van der Waals surface area contributed by atoms with Gasteiger partial charge < -0.3 is 10.6 Å². The summed E-state index contributed by atoms with van der Waals surface area (Å²) in [4.78, 5) is 11.7. The zero-order valence-electron chi connectivity index (χ0n) is 10.9. The van der Waals surface area contributed by atoms with Gasteiger partial charge in [0.2, 0.25) is 5.91 Å². The lowest BCUT2D eigenvalue weighted by Crippen LogP contribution is -2.22. The van der Waals surface area contributed by atoms with Crippen molar-refractivity contribution in [1.82, 2.24) is 0 Å². The second-order valence-electron chi connectivity index (χ2n) is 4.22. The van der Waals surface area contributed by atoms with Gasteiger partial charge in [-0.2, -0.15) is 5.26 Å². The minimum absolute atomic E-state index is 0.0805. The van der Waals surface area contributed by atoms with Gasteiger partial charge in [0.15, 0.2) is 0 Å². The molecular formula is C15H11F2N3O. The molecule has 2 N–H and O–H groups in total. The van der Waals surface area contributed by atoms with Gasteiger partial charge in [0.25, 0.3) is 0 Å². The fraction of sp³-hybridized carbons (Fsp3) is 0.0667. The van der Waals surface area contributed by atoms with Crippen LogP contribution in [0.3, 0.4) is 0 Å². The van der Waals surface area contributed by atoms with E-state index < -0.39 is 17.5 Å². The van der Waals surface area contributed by atoms with Crippen molar-refractivity contribution in [2.24, 2.45) is 0 Å². The summed E-state index contributed by atoms with van der Waals surface area (Å²) in [6, 6.07) is 11.4. The molecule has 106 valence electrons. The highest BCUT2D eigenvalue weighted by molar-refractivity contribution is 5.93. The van der Waals surface area contributed by atoms with Gasteiger partial charge in [-0.05, 0) is 36.4 Å². The molecule has 2 aromatic carbocycles. The number of rotatable bonds is 4. The molecule has 2 rings (SSSR count). The molecule has 0 spiro atoms. The molecule has 0 unspecified atom stereocenters. The molecule has 0 aromatic heterocycles. The normalized spacial score (nSPS) is 9.76. The first kappa shape index (κ1) is 14.5. The van der Waals surface area contributed by atoms with Crippen molar-refractivity contribution < 1.29 is 13.6 Å². The number of anilines is 2. The number of hydrogen-bond acceptors (Lipinski definition) is 3. The lowest BCUT2D eigenvalue weighted by molar-refractivity contribution is -0.114. The van der Waals surface area contributed by atoms with E-state index in [9.17, 15) is 13.6 Å². The molecule has 0 fully saturated rings. The third-order valence-electron chi connectivity index (χ3n) is 2.67. The number of hydrogen-bond donors (Lipinski definition) is 2. The fourth-order valence-corrected chi connectivity index (χ4v) is 1.63. The molecule has 0 heterocycles. The van der Waals surface area contributed by atoms with Crippen LogP contribution in [0.1, 0.15) is 5.56 Å². The summed E-state index contributed by atoms with van der Waals surface area (Å²) in [5, 5.41) is 13.8. The van der Waals surface area contributed by atoms with E-state index in [1.54, 1.807) is 24.3 Å². The van der Waals surface area contributed by atoms with E-state index in [2.05, 4.69) is 10.6 Å². The van der Waals surface area contributed by atoms with Crippen LogP contribution in [0, 0.1) is 23.0 Å². The summed E-state index contributed by atoms with van der Waals surface area (Å²) in [6.07, 6.45) is 0. The molecule has 21 heavy (non-hydrogen) atoms. The van der Waals surface area contributed by atoms with E-state index in [0.717, 1.165) is 12.1 Å². The Bertz CT molecular complexity index is 693. The first-order chi connectivity index (χ1) is 10.1. The van der Waals surface area contributed by atoms with Gasteiger partial charge in [-0.25, -0.2) is 8.78 Å². The van der Waals surface area contributed by atoms with E-state index >= 15 is 0 Å². The second kappa shape index (κ2) is 6.48. The van der Waals surface area contributed by atoms with Crippen LogP contribution < -0.4 is 10.6 Å². The highest BCUT2D eigenvalue weighted by Gasteiger charge is 2.07. The smallest absolute Gasteiger partial charge is 0.243 e. The largest absolute Gasteiger partial charge is 0.376 e. The molecule has 0 saturated carbocycles. The molecule has 0 bridgehead atoms. The van der Waals surface area contributed by atoms with Crippen LogP contribution in [0.15, 0.2) is 42.5 Å². The average molecular weight is 287 g/mol. The van der Waals surface area contributed by atoms with Gasteiger partial charge in [0.05, 0.1) is 23.9 Å². The lowest BCUT2D eigenvalue weighted by Gasteiger charge is -2.08. The summed E-state index contributed by atoms with van der Waals surface area (Å²) in [6.45, 7) is -0.0806. The van der Waals surface area contributed by atoms with Gasteiger partial charge in [0.1, 0.15) is 11.6 Å². The zero-order valence-corrected chi connectivity index (χ0v) is 10.9. The number of nitrogens with one attached hydrogen (secondary N) is 2. The third kappa shape index (κ3) is 4.01. The molecule has 0 atom stereocenters. The summed E-state index contributed by atoms with van der Waals surface area (Å²) in [5.74, 6) is -2.01. The van der Waals surface area contributed by atoms with Crippen molar-refractivity contribution in [1.29, 1.82) is 5.26 Å². The van der Waals surface area contributed by atoms with Gasteiger partial charge >= 0.3 is 0 Å². The van der Waals surface area contributed by atoms with Crippen LogP contribution in [0.4, 0.5) is 20.2 Å². The first-order valence-corrected chi connectivity index (χ1v) is 6.07. The van der Waals surface area contributed by atoms with E-state index in [-0.39, 0.29) is 12.2 Å². The van der Waals surface area contributed by atoms with E-state index in [4.69, 9.17) is 5.26 Å². The Morgan fingerprint density at radius 1 is 1.14 bits per heavy atom. The Hall–Kier alpha value is -2.94. The lowest BCUT2D eigenvalue weighted by atomic mass is 10.2. The first-order valence-electron chi connectivity index (χ1n) is 6.07. The number of nitrogens with zero attached hydrogens (tertiary/aromatic N) is 1. The number of carbonyl (C=O) groups excluding carboxylic acids is 1. The highest BCUT2D eigenvalue weighted by atomic mass is 19.1. The SMILES string of the molecule is N#Cc1ccc(NCC(=O)Nc2ccc(F)cc2F)cc1. The summed E-state index contributed by atoms with van der Waals surface area (Å²) in [7, 11) is 0. The number of amides is 1. The molecule has 1 amide bonds. The number of halogens is 2. The van der Waals surface area contributed by atoms with Crippen molar-refractivity contribution in [2.75, 3.05) is 17.2 Å². The van der Waals surface area contributed by atoms with Gasteiger partial charge in [-0.1, -0.05) is 0 Å². The Kier molecular flexibility index (Phi) is 4.46. The maximum Gasteiger partial charge on any atom is 0.243 e. The molecular weight excluding hydrogens is 276 g/mol. The molecule has 0 radical (unpaired) electrons. The Morgan fingerprint density at radius 2 is 1.86 bits per heavy atom. The molecule has 4 nitrogen and oxygen atoms in total. The van der Waals surface area contributed by atoms with Gasteiger partial charge in [0, 0.05) is 11.8 Å². The van der Waals surface area contributed by atoms with Crippen molar-refractivity contribution in [3.05, 3.63) is 59.7 Å². The maximum absolute atomic E-state index is 13.4. The van der Waals surface area contributed by atoms with Crippen LogP contribution in [0.25, 0.3) is 0 Å². The second-order valence-corrected chi connectivity index (χ2v) is 4.22. The van der Waals surface area contributed by atoms with Crippen LogP contribution in [0.2, 0.25) is 0 Å². The fourth-order valence-electron chi connectivity index (χ4n) is 1.63. The summed E-state index contributed by atoms with van der Waals surface area (Å²) in [5.41, 5.74) is 1.09. The molecule has 6 heteroatoms.